The zero-order chi connectivity index (χ0) is 17.4. The van der Waals surface area contributed by atoms with Crippen molar-refractivity contribution in [3.05, 3.63) is 36.0 Å². The van der Waals surface area contributed by atoms with E-state index in [2.05, 4.69) is 16.2 Å². The molecule has 1 amide bonds. The summed E-state index contributed by atoms with van der Waals surface area (Å²) >= 11 is 0. The van der Waals surface area contributed by atoms with Crippen LogP contribution >= 0.6 is 0 Å². The molecule has 0 radical (unpaired) electrons. The number of aromatic nitrogens is 1. The summed E-state index contributed by atoms with van der Waals surface area (Å²) in [5.41, 5.74) is 8.12. The Bertz CT molecular complexity index is 813. The molecule has 0 spiro atoms. The number of carbonyl (C=O) groups excluding carboxylic acids is 2. The monoisotopic (exact) mass is 340 g/mol. The van der Waals surface area contributed by atoms with Crippen LogP contribution in [0.1, 0.15) is 43.0 Å². The van der Waals surface area contributed by atoms with Gasteiger partial charge in [-0.05, 0) is 25.8 Å². The Balaban J connectivity index is 1.50. The summed E-state index contributed by atoms with van der Waals surface area (Å²) < 4.78 is 1.86. The van der Waals surface area contributed by atoms with E-state index in [-0.39, 0.29) is 24.4 Å². The molecule has 1 aromatic heterocycles. The molecule has 3 N–H and O–H groups in total. The maximum Gasteiger partial charge on any atom is 0.241 e. The number of amides is 1. The van der Waals surface area contributed by atoms with Gasteiger partial charge < -0.3 is 9.88 Å². The van der Waals surface area contributed by atoms with Crippen molar-refractivity contribution in [1.29, 1.82) is 0 Å². The molecule has 4 rings (SSSR count). The third-order valence-electron chi connectivity index (χ3n) is 5.47. The number of carbonyl (C=O) groups is 2. The summed E-state index contributed by atoms with van der Waals surface area (Å²) in [6, 6.07) is 8.17. The molecule has 6 heteroatoms. The first kappa shape index (κ1) is 16.3. The molecule has 1 saturated carbocycles. The number of hydrogen-bond acceptors (Lipinski definition) is 4. The minimum Gasteiger partial charge on any atom is -0.338 e. The zero-order valence-corrected chi connectivity index (χ0v) is 14.4. The minimum absolute atomic E-state index is 0.0158. The van der Waals surface area contributed by atoms with Gasteiger partial charge in [0.2, 0.25) is 5.91 Å². The third-order valence-corrected chi connectivity index (χ3v) is 5.47. The number of benzene rings is 1. The van der Waals surface area contributed by atoms with Crippen LogP contribution in [0.15, 0.2) is 30.5 Å². The van der Waals surface area contributed by atoms with Crippen LogP contribution in [-0.4, -0.2) is 28.5 Å². The molecule has 1 aromatic carbocycles. The van der Waals surface area contributed by atoms with Crippen LogP contribution in [0.3, 0.4) is 0 Å². The van der Waals surface area contributed by atoms with Gasteiger partial charge in [0.15, 0.2) is 5.78 Å². The molecule has 2 fully saturated rings. The highest BCUT2D eigenvalue weighted by Crippen LogP contribution is 2.29. The molecular formula is C19H24N4O2. The second-order valence-corrected chi connectivity index (χ2v) is 7.13. The molecule has 3 atom stereocenters. The Morgan fingerprint density at radius 2 is 2.00 bits per heavy atom. The van der Waals surface area contributed by atoms with Crippen LogP contribution < -0.4 is 16.2 Å². The average molecular weight is 340 g/mol. The molecule has 2 heterocycles. The second kappa shape index (κ2) is 6.61. The van der Waals surface area contributed by atoms with E-state index in [0.717, 1.165) is 23.7 Å². The SMILES string of the molecule is CC(=O)c1cn(CC(=O)NC2NNC3CCCCC32)c2ccccc12. The van der Waals surface area contributed by atoms with Crippen molar-refractivity contribution < 1.29 is 9.59 Å². The van der Waals surface area contributed by atoms with Gasteiger partial charge in [0.1, 0.15) is 6.54 Å². The summed E-state index contributed by atoms with van der Waals surface area (Å²) in [7, 11) is 0. The summed E-state index contributed by atoms with van der Waals surface area (Å²) in [5.74, 6) is 0.426. The van der Waals surface area contributed by atoms with Crippen LogP contribution in [0.4, 0.5) is 0 Å². The van der Waals surface area contributed by atoms with Crippen molar-refractivity contribution >= 4 is 22.6 Å². The van der Waals surface area contributed by atoms with Crippen molar-refractivity contribution in [1.82, 2.24) is 20.7 Å². The van der Waals surface area contributed by atoms with Crippen LogP contribution in [0.25, 0.3) is 10.9 Å². The second-order valence-electron chi connectivity index (χ2n) is 7.13. The quantitative estimate of drug-likeness (QED) is 0.744. The highest BCUT2D eigenvalue weighted by molar-refractivity contribution is 6.07. The van der Waals surface area contributed by atoms with E-state index in [1.54, 1.807) is 13.1 Å². The van der Waals surface area contributed by atoms with Gasteiger partial charge in [0, 0.05) is 34.6 Å². The molecule has 2 aliphatic rings. The number of hydrazine groups is 1. The highest BCUT2D eigenvalue weighted by atomic mass is 16.2. The fourth-order valence-electron chi connectivity index (χ4n) is 4.22. The van der Waals surface area contributed by atoms with Crippen LogP contribution in [0.5, 0.6) is 0 Å². The largest absolute Gasteiger partial charge is 0.338 e. The van der Waals surface area contributed by atoms with Gasteiger partial charge in [0.25, 0.3) is 0 Å². The highest BCUT2D eigenvalue weighted by Gasteiger charge is 2.37. The standard InChI is InChI=1S/C19H24N4O2/c1-12(24)15-10-23(17-9-5-3-6-13(15)17)11-18(25)20-19-14-7-2-4-8-16(14)21-22-19/h3,5-6,9-10,14,16,19,21-22H,2,4,7-8,11H2,1H3,(H,20,25). The number of nitrogens with one attached hydrogen (secondary N) is 3. The van der Waals surface area contributed by atoms with Crippen molar-refractivity contribution in [2.75, 3.05) is 0 Å². The Hall–Kier alpha value is -2.18. The predicted molar refractivity (Wildman–Crippen MR) is 95.9 cm³/mol. The zero-order valence-electron chi connectivity index (χ0n) is 14.4. The molecule has 25 heavy (non-hydrogen) atoms. The van der Waals surface area contributed by atoms with E-state index in [1.807, 2.05) is 28.8 Å². The number of nitrogens with zero attached hydrogens (tertiary/aromatic N) is 1. The van der Waals surface area contributed by atoms with Gasteiger partial charge in [-0.15, -0.1) is 0 Å². The minimum atomic E-state index is -0.0404. The van der Waals surface area contributed by atoms with Crippen molar-refractivity contribution in [3.8, 4) is 0 Å². The molecule has 1 saturated heterocycles. The van der Waals surface area contributed by atoms with E-state index in [4.69, 9.17) is 0 Å². The molecule has 2 aromatic rings. The molecule has 3 unspecified atom stereocenters. The van der Waals surface area contributed by atoms with Gasteiger partial charge in [0.05, 0.1) is 6.17 Å². The Labute approximate surface area is 146 Å². The van der Waals surface area contributed by atoms with Crippen LogP contribution in [0.2, 0.25) is 0 Å². The topological polar surface area (TPSA) is 75.2 Å². The Kier molecular flexibility index (Phi) is 4.31. The molecular weight excluding hydrogens is 316 g/mol. The van der Waals surface area contributed by atoms with E-state index in [9.17, 15) is 9.59 Å². The molecule has 1 aliphatic heterocycles. The van der Waals surface area contributed by atoms with E-state index >= 15 is 0 Å². The first-order chi connectivity index (χ1) is 12.1. The molecule has 6 nitrogen and oxygen atoms in total. The Morgan fingerprint density at radius 3 is 2.84 bits per heavy atom. The Morgan fingerprint density at radius 1 is 1.20 bits per heavy atom. The van der Waals surface area contributed by atoms with E-state index < -0.39 is 0 Å². The number of fused-ring (bicyclic) bond motifs is 2. The number of ketones is 1. The molecule has 132 valence electrons. The lowest BCUT2D eigenvalue weighted by Gasteiger charge is -2.27. The number of para-hydroxylation sites is 1. The van der Waals surface area contributed by atoms with Crippen LogP contribution in [-0.2, 0) is 11.3 Å². The summed E-state index contributed by atoms with van der Waals surface area (Å²) in [6.45, 7) is 1.77. The van der Waals surface area contributed by atoms with Crippen molar-refractivity contribution in [2.45, 2.75) is 51.4 Å². The normalized spacial score (nSPS) is 25.7. The number of rotatable bonds is 4. The molecule has 1 aliphatic carbocycles. The molecule has 0 bridgehead atoms. The lowest BCUT2D eigenvalue weighted by Crippen LogP contribution is -2.48. The fourth-order valence-corrected chi connectivity index (χ4v) is 4.22. The number of Topliss-reactive ketones (excluding diaryl/α,β-unsaturated/α-hetero) is 1. The first-order valence-electron chi connectivity index (χ1n) is 9.03. The predicted octanol–water partition coefficient (Wildman–Crippen LogP) is 1.95. The van der Waals surface area contributed by atoms with Crippen molar-refractivity contribution in [2.24, 2.45) is 5.92 Å². The number of hydrogen-bond donors (Lipinski definition) is 3. The summed E-state index contributed by atoms with van der Waals surface area (Å²) in [6.07, 6.45) is 6.54. The smallest absolute Gasteiger partial charge is 0.241 e. The first-order valence-corrected chi connectivity index (χ1v) is 9.03. The van der Waals surface area contributed by atoms with Gasteiger partial charge in [-0.1, -0.05) is 31.0 Å². The summed E-state index contributed by atoms with van der Waals surface area (Å²) in [4.78, 5) is 24.4. The maximum atomic E-state index is 12.6. The lowest BCUT2D eigenvalue weighted by molar-refractivity contribution is -0.122. The van der Waals surface area contributed by atoms with Gasteiger partial charge >= 0.3 is 0 Å². The van der Waals surface area contributed by atoms with Crippen LogP contribution in [0, 0.1) is 5.92 Å². The van der Waals surface area contributed by atoms with Gasteiger partial charge in [-0.25, -0.2) is 5.43 Å². The van der Waals surface area contributed by atoms with Gasteiger partial charge in [-0.2, -0.15) is 0 Å². The van der Waals surface area contributed by atoms with E-state index in [0.29, 0.717) is 17.5 Å². The maximum absolute atomic E-state index is 12.6. The fraction of sp³-hybridized carbons (Fsp3) is 0.474. The van der Waals surface area contributed by atoms with E-state index in [1.165, 1.54) is 12.8 Å². The average Bonchev–Trinajstić information content (AvgIpc) is 3.18. The van der Waals surface area contributed by atoms with Gasteiger partial charge in [-0.3, -0.25) is 15.0 Å². The van der Waals surface area contributed by atoms with Crippen molar-refractivity contribution in [3.63, 3.8) is 0 Å². The third kappa shape index (κ3) is 3.07. The summed E-state index contributed by atoms with van der Waals surface area (Å²) in [5, 5.41) is 4.01. The lowest BCUT2D eigenvalue weighted by atomic mass is 9.84.